The normalized spacial score (nSPS) is 13.6. The van der Waals surface area contributed by atoms with Crippen LogP contribution in [-0.2, 0) is 0 Å². The molecule has 0 bridgehead atoms. The summed E-state index contributed by atoms with van der Waals surface area (Å²) in [6.45, 7) is 3.05. The van der Waals surface area contributed by atoms with Crippen molar-refractivity contribution in [2.75, 3.05) is 0 Å². The molecule has 0 nitrogen and oxygen atoms in total. The average Bonchev–Trinajstić information content (AvgIpc) is 1.55. The van der Waals surface area contributed by atoms with Crippen molar-refractivity contribution in [2.45, 2.75) is 31.4 Å². The Kier molecular flexibility index (Phi) is 3.26. The lowest BCUT2D eigenvalue weighted by molar-refractivity contribution is -0.188. The number of hydrogen-bond acceptors (Lipinski definition) is 0. The minimum Gasteiger partial charge on any atom is -0.207 e. The van der Waals surface area contributed by atoms with Crippen molar-refractivity contribution < 1.29 is 22.0 Å². The topological polar surface area (TPSA) is 0 Å². The maximum atomic E-state index is 12.2. The van der Waals surface area contributed by atoms with Crippen LogP contribution in [0.5, 0.6) is 0 Å². The van der Waals surface area contributed by atoms with Gasteiger partial charge in [-0.25, -0.2) is 8.78 Å². The van der Waals surface area contributed by atoms with Gasteiger partial charge in [0.2, 0.25) is 0 Å². The Morgan fingerprint density at radius 2 is 1.45 bits per heavy atom. The van der Waals surface area contributed by atoms with E-state index >= 15 is 0 Å². The maximum Gasteiger partial charge on any atom is 0.394 e. The molecule has 0 aromatic rings. The van der Waals surface area contributed by atoms with Crippen molar-refractivity contribution in [1.29, 1.82) is 0 Å². The molecule has 11 heavy (non-hydrogen) atoms. The highest BCUT2D eigenvalue weighted by Crippen LogP contribution is 2.34. The molecule has 0 atom stereocenters. The highest BCUT2D eigenvalue weighted by molar-refractivity contribution is 4.70. The summed E-state index contributed by atoms with van der Waals surface area (Å²) in [5.74, 6) is -3.65. The molecule has 0 amide bonds. The average molecular weight is 175 g/mol. The highest BCUT2D eigenvalue weighted by Gasteiger charge is 2.42. The Morgan fingerprint density at radius 3 is 1.73 bits per heavy atom. The summed E-state index contributed by atoms with van der Waals surface area (Å²) < 4.78 is 58.4. The van der Waals surface area contributed by atoms with E-state index in [1.54, 1.807) is 0 Å². The number of halogens is 5. The van der Waals surface area contributed by atoms with Gasteiger partial charge in [0.1, 0.15) is 6.42 Å². The van der Waals surface area contributed by atoms with Crippen molar-refractivity contribution in [2.24, 2.45) is 0 Å². The zero-order valence-electron chi connectivity index (χ0n) is 5.72. The molecule has 0 aliphatic heterocycles. The quantitative estimate of drug-likeness (QED) is 0.578. The number of rotatable bonds is 3. The van der Waals surface area contributed by atoms with Crippen molar-refractivity contribution >= 4 is 0 Å². The van der Waals surface area contributed by atoms with Gasteiger partial charge in [-0.15, -0.1) is 0 Å². The molecule has 0 fully saturated rings. The van der Waals surface area contributed by atoms with E-state index in [0.29, 0.717) is 0 Å². The Morgan fingerprint density at radius 1 is 1.00 bits per heavy atom. The van der Waals surface area contributed by atoms with Gasteiger partial charge in [-0.2, -0.15) is 13.2 Å². The molecule has 0 heterocycles. The molecule has 0 unspecified atom stereocenters. The van der Waals surface area contributed by atoms with E-state index in [9.17, 15) is 22.0 Å². The van der Waals surface area contributed by atoms with Crippen LogP contribution in [0.2, 0.25) is 0 Å². The first-order valence-electron chi connectivity index (χ1n) is 3.01. The Labute approximate surface area is 61.4 Å². The first-order valence-corrected chi connectivity index (χ1v) is 3.01. The first-order chi connectivity index (χ1) is 4.77. The molecule has 0 aromatic heterocycles. The second kappa shape index (κ2) is 3.36. The molecule has 0 spiro atoms. The summed E-state index contributed by atoms with van der Waals surface area (Å²) in [5, 5.41) is 0. The predicted molar refractivity (Wildman–Crippen MR) is 30.2 cm³/mol. The molecule has 0 saturated heterocycles. The van der Waals surface area contributed by atoms with Crippen LogP contribution in [0.3, 0.4) is 0 Å². The van der Waals surface area contributed by atoms with Gasteiger partial charge in [-0.1, -0.05) is 6.92 Å². The third-order valence-corrected chi connectivity index (χ3v) is 1.00. The van der Waals surface area contributed by atoms with Gasteiger partial charge in [0.25, 0.3) is 5.92 Å². The minimum absolute atomic E-state index is 0.191. The van der Waals surface area contributed by atoms with Gasteiger partial charge in [-0.05, 0) is 6.42 Å². The van der Waals surface area contributed by atoms with E-state index in [1.807, 2.05) is 0 Å². The van der Waals surface area contributed by atoms with Crippen LogP contribution in [-0.4, -0.2) is 12.1 Å². The smallest absolute Gasteiger partial charge is 0.207 e. The Balaban J connectivity index is 3.91. The summed E-state index contributed by atoms with van der Waals surface area (Å²) in [7, 11) is 0. The zero-order valence-corrected chi connectivity index (χ0v) is 5.72. The molecule has 67 valence electrons. The van der Waals surface area contributed by atoms with Gasteiger partial charge in [-0.3, -0.25) is 0 Å². The summed E-state index contributed by atoms with van der Waals surface area (Å²) in [6, 6.07) is 0. The highest BCUT2D eigenvalue weighted by atomic mass is 19.4. The van der Waals surface area contributed by atoms with Crippen LogP contribution in [0, 0.1) is 6.92 Å². The molecular formula is C6H8F5. The third kappa shape index (κ3) is 6.06. The standard InChI is InChI=1S/C6H8F5/c1-2-3-5(7,8)4-6(9,10)11/h1-4H2. The summed E-state index contributed by atoms with van der Waals surface area (Å²) in [5.41, 5.74) is 0. The van der Waals surface area contributed by atoms with Crippen molar-refractivity contribution in [1.82, 2.24) is 0 Å². The molecule has 0 aliphatic rings. The number of hydrogen-bond donors (Lipinski definition) is 0. The second-order valence-corrected chi connectivity index (χ2v) is 2.25. The van der Waals surface area contributed by atoms with Crippen LogP contribution in [0.15, 0.2) is 0 Å². The monoisotopic (exact) mass is 175 g/mol. The molecule has 0 saturated carbocycles. The fourth-order valence-corrected chi connectivity index (χ4v) is 0.640. The fourth-order valence-electron chi connectivity index (χ4n) is 0.640. The SMILES string of the molecule is [CH2]CCC(F)(F)CC(F)(F)F. The molecule has 0 aliphatic carbocycles. The van der Waals surface area contributed by atoms with E-state index < -0.39 is 24.9 Å². The molecule has 0 rings (SSSR count). The lowest BCUT2D eigenvalue weighted by Gasteiger charge is -2.16. The zero-order chi connectivity index (χ0) is 9.12. The van der Waals surface area contributed by atoms with Gasteiger partial charge in [0.05, 0.1) is 0 Å². The second-order valence-electron chi connectivity index (χ2n) is 2.25. The molecule has 0 aromatic carbocycles. The largest absolute Gasteiger partial charge is 0.394 e. The van der Waals surface area contributed by atoms with E-state index in [-0.39, 0.29) is 6.42 Å². The lowest BCUT2D eigenvalue weighted by atomic mass is 10.1. The fraction of sp³-hybridized carbons (Fsp3) is 0.833. The van der Waals surface area contributed by atoms with Crippen LogP contribution in [0.25, 0.3) is 0 Å². The van der Waals surface area contributed by atoms with Crippen LogP contribution < -0.4 is 0 Å². The van der Waals surface area contributed by atoms with Gasteiger partial charge in [0, 0.05) is 6.42 Å². The summed E-state index contributed by atoms with van der Waals surface area (Å²) in [4.78, 5) is 0. The van der Waals surface area contributed by atoms with E-state index in [0.717, 1.165) is 0 Å². The van der Waals surface area contributed by atoms with Crippen molar-refractivity contribution in [3.63, 3.8) is 0 Å². The van der Waals surface area contributed by atoms with Crippen molar-refractivity contribution in [3.8, 4) is 0 Å². The summed E-state index contributed by atoms with van der Waals surface area (Å²) in [6.07, 6.45) is -7.84. The third-order valence-electron chi connectivity index (χ3n) is 1.00. The lowest BCUT2D eigenvalue weighted by Crippen LogP contribution is -2.25. The van der Waals surface area contributed by atoms with Gasteiger partial charge < -0.3 is 0 Å². The maximum absolute atomic E-state index is 12.2. The van der Waals surface area contributed by atoms with Gasteiger partial charge in [0.15, 0.2) is 0 Å². The molecule has 1 radical (unpaired) electrons. The Bertz CT molecular complexity index is 115. The van der Waals surface area contributed by atoms with Crippen molar-refractivity contribution in [3.05, 3.63) is 6.92 Å². The van der Waals surface area contributed by atoms with E-state index in [2.05, 4.69) is 6.92 Å². The van der Waals surface area contributed by atoms with Crippen LogP contribution >= 0.6 is 0 Å². The summed E-state index contributed by atoms with van der Waals surface area (Å²) >= 11 is 0. The molecular weight excluding hydrogens is 167 g/mol. The van der Waals surface area contributed by atoms with Gasteiger partial charge >= 0.3 is 6.18 Å². The first kappa shape index (κ1) is 10.7. The predicted octanol–water partition coefficient (Wildman–Crippen LogP) is 3.19. The van der Waals surface area contributed by atoms with E-state index in [1.165, 1.54) is 0 Å². The van der Waals surface area contributed by atoms with Crippen LogP contribution in [0.1, 0.15) is 19.3 Å². The number of alkyl halides is 5. The van der Waals surface area contributed by atoms with Crippen LogP contribution in [0.4, 0.5) is 22.0 Å². The molecule has 5 heteroatoms. The minimum atomic E-state index is -4.79. The Hall–Kier alpha value is -0.350. The molecule has 0 N–H and O–H groups in total. The van der Waals surface area contributed by atoms with E-state index in [4.69, 9.17) is 0 Å².